The Morgan fingerprint density at radius 2 is 1.95 bits per heavy atom. The molecule has 1 aromatic carbocycles. The van der Waals surface area contributed by atoms with Crippen LogP contribution in [0.3, 0.4) is 0 Å². The van der Waals surface area contributed by atoms with Crippen molar-refractivity contribution in [3.63, 3.8) is 0 Å². The molecule has 0 saturated carbocycles. The summed E-state index contributed by atoms with van der Waals surface area (Å²) in [6.07, 6.45) is 0.467. The molecule has 1 aromatic rings. The van der Waals surface area contributed by atoms with Gasteiger partial charge in [-0.3, -0.25) is 4.90 Å². The predicted molar refractivity (Wildman–Crippen MR) is 87.1 cm³/mol. The molecule has 1 fully saturated rings. The number of rotatable bonds is 6. The molecule has 0 radical (unpaired) electrons. The second-order valence-corrected chi connectivity index (χ2v) is 6.15. The average molecular weight is 292 g/mol. The average Bonchev–Trinajstić information content (AvgIpc) is 2.46. The van der Waals surface area contributed by atoms with Gasteiger partial charge in [0.25, 0.3) is 0 Å². The Labute approximate surface area is 128 Å². The molecule has 2 rings (SSSR count). The molecule has 0 spiro atoms. The zero-order chi connectivity index (χ0) is 15.2. The van der Waals surface area contributed by atoms with E-state index in [0.29, 0.717) is 6.04 Å². The molecule has 1 unspecified atom stereocenters. The summed E-state index contributed by atoms with van der Waals surface area (Å²) >= 11 is 0. The zero-order valence-corrected chi connectivity index (χ0v) is 13.6. The molecular formula is C17H28N2O2. The summed E-state index contributed by atoms with van der Waals surface area (Å²) in [6, 6.07) is 8.71. The largest absolute Gasteiger partial charge is 0.491 e. The molecule has 1 aliphatic heterocycles. The lowest BCUT2D eigenvalue weighted by Crippen LogP contribution is -2.48. The molecule has 21 heavy (non-hydrogen) atoms. The van der Waals surface area contributed by atoms with Gasteiger partial charge in [0, 0.05) is 31.4 Å². The first-order valence-corrected chi connectivity index (χ1v) is 7.91. The molecule has 1 atom stereocenters. The van der Waals surface area contributed by atoms with Crippen LogP contribution in [0.2, 0.25) is 0 Å². The second kappa shape index (κ2) is 7.66. The highest BCUT2D eigenvalue weighted by atomic mass is 16.5. The van der Waals surface area contributed by atoms with Crippen molar-refractivity contribution in [1.29, 1.82) is 0 Å². The Hall–Kier alpha value is -1.26. The monoisotopic (exact) mass is 292 g/mol. The van der Waals surface area contributed by atoms with E-state index in [4.69, 9.17) is 9.47 Å². The third kappa shape index (κ3) is 5.21. The molecule has 0 aromatic heterocycles. The van der Waals surface area contributed by atoms with E-state index in [-0.39, 0.29) is 12.2 Å². The van der Waals surface area contributed by atoms with Gasteiger partial charge >= 0.3 is 0 Å². The molecule has 1 N–H and O–H groups in total. The second-order valence-electron chi connectivity index (χ2n) is 6.15. The Morgan fingerprint density at radius 3 is 2.57 bits per heavy atom. The summed E-state index contributed by atoms with van der Waals surface area (Å²) < 4.78 is 11.5. The van der Waals surface area contributed by atoms with E-state index in [2.05, 4.69) is 36.2 Å². The standard InChI is InChI=1S/C17H28N2O2/c1-13(2)19-9-10-20-17(12-19)11-18-15-5-7-16(8-6-15)21-14(3)4/h5-8,13-14,17-18H,9-12H2,1-4H3. The van der Waals surface area contributed by atoms with E-state index in [0.717, 1.165) is 37.7 Å². The maximum absolute atomic E-state index is 5.83. The third-order valence-corrected chi connectivity index (χ3v) is 3.66. The van der Waals surface area contributed by atoms with Gasteiger partial charge < -0.3 is 14.8 Å². The van der Waals surface area contributed by atoms with Gasteiger partial charge in [-0.25, -0.2) is 0 Å². The molecule has 1 aliphatic rings. The van der Waals surface area contributed by atoms with E-state index in [1.54, 1.807) is 0 Å². The van der Waals surface area contributed by atoms with Crippen LogP contribution in [-0.4, -0.2) is 49.4 Å². The molecular weight excluding hydrogens is 264 g/mol. The highest BCUT2D eigenvalue weighted by Crippen LogP contribution is 2.17. The summed E-state index contributed by atoms with van der Waals surface area (Å²) in [6.45, 7) is 12.3. The van der Waals surface area contributed by atoms with E-state index in [9.17, 15) is 0 Å². The number of nitrogens with zero attached hydrogens (tertiary/aromatic N) is 1. The fourth-order valence-corrected chi connectivity index (χ4v) is 2.49. The molecule has 0 aliphatic carbocycles. The van der Waals surface area contributed by atoms with E-state index in [1.165, 1.54) is 0 Å². The van der Waals surface area contributed by atoms with Gasteiger partial charge in [-0.05, 0) is 52.0 Å². The van der Waals surface area contributed by atoms with Crippen molar-refractivity contribution in [2.75, 3.05) is 31.6 Å². The summed E-state index contributed by atoms with van der Waals surface area (Å²) in [5.74, 6) is 0.912. The smallest absolute Gasteiger partial charge is 0.119 e. The van der Waals surface area contributed by atoms with Crippen LogP contribution in [0.1, 0.15) is 27.7 Å². The molecule has 1 saturated heterocycles. The van der Waals surface area contributed by atoms with E-state index < -0.39 is 0 Å². The van der Waals surface area contributed by atoms with Crippen LogP contribution < -0.4 is 10.1 Å². The summed E-state index contributed by atoms with van der Waals surface area (Å²) in [7, 11) is 0. The number of ether oxygens (including phenoxy) is 2. The van der Waals surface area contributed by atoms with Gasteiger partial charge in [-0.2, -0.15) is 0 Å². The summed E-state index contributed by atoms with van der Waals surface area (Å²) in [4.78, 5) is 2.47. The number of hydrogen-bond donors (Lipinski definition) is 1. The predicted octanol–water partition coefficient (Wildman–Crippen LogP) is 2.99. The lowest BCUT2D eigenvalue weighted by molar-refractivity contribution is -0.0315. The number of nitrogens with one attached hydrogen (secondary N) is 1. The molecule has 4 heteroatoms. The fourth-order valence-electron chi connectivity index (χ4n) is 2.49. The quantitative estimate of drug-likeness (QED) is 0.874. The minimum Gasteiger partial charge on any atom is -0.491 e. The summed E-state index contributed by atoms with van der Waals surface area (Å²) in [5.41, 5.74) is 1.11. The maximum Gasteiger partial charge on any atom is 0.119 e. The van der Waals surface area contributed by atoms with Crippen LogP contribution in [0.25, 0.3) is 0 Å². The van der Waals surface area contributed by atoms with Crippen molar-refractivity contribution in [3.8, 4) is 5.75 Å². The van der Waals surface area contributed by atoms with Gasteiger partial charge in [0.2, 0.25) is 0 Å². The number of anilines is 1. The number of hydrogen-bond acceptors (Lipinski definition) is 4. The number of morpholine rings is 1. The lowest BCUT2D eigenvalue weighted by Gasteiger charge is -2.35. The topological polar surface area (TPSA) is 33.7 Å². The van der Waals surface area contributed by atoms with Crippen molar-refractivity contribution in [2.45, 2.75) is 45.9 Å². The van der Waals surface area contributed by atoms with Crippen LogP contribution in [-0.2, 0) is 4.74 Å². The van der Waals surface area contributed by atoms with Gasteiger partial charge in [0.1, 0.15) is 5.75 Å². The normalized spacial score (nSPS) is 20.0. The van der Waals surface area contributed by atoms with Crippen molar-refractivity contribution in [1.82, 2.24) is 4.90 Å². The van der Waals surface area contributed by atoms with Crippen LogP contribution in [0, 0.1) is 0 Å². The van der Waals surface area contributed by atoms with Crippen molar-refractivity contribution in [3.05, 3.63) is 24.3 Å². The molecule has 1 heterocycles. The van der Waals surface area contributed by atoms with E-state index >= 15 is 0 Å². The summed E-state index contributed by atoms with van der Waals surface area (Å²) in [5, 5.41) is 3.45. The Bertz CT molecular complexity index is 417. The highest BCUT2D eigenvalue weighted by Gasteiger charge is 2.21. The fraction of sp³-hybridized carbons (Fsp3) is 0.647. The van der Waals surface area contributed by atoms with Crippen LogP contribution in [0.4, 0.5) is 5.69 Å². The van der Waals surface area contributed by atoms with Gasteiger partial charge in [0.15, 0.2) is 0 Å². The lowest BCUT2D eigenvalue weighted by atomic mass is 10.2. The third-order valence-electron chi connectivity index (χ3n) is 3.66. The Balaban J connectivity index is 1.80. The first kappa shape index (κ1) is 16.1. The minimum absolute atomic E-state index is 0.210. The van der Waals surface area contributed by atoms with E-state index in [1.807, 2.05) is 26.0 Å². The SMILES string of the molecule is CC(C)Oc1ccc(NCC2CN(C(C)C)CCO2)cc1. The van der Waals surface area contributed by atoms with Crippen molar-refractivity contribution < 1.29 is 9.47 Å². The molecule has 0 bridgehead atoms. The first-order chi connectivity index (χ1) is 10.0. The van der Waals surface area contributed by atoms with Gasteiger partial charge in [0.05, 0.1) is 18.8 Å². The maximum atomic E-state index is 5.83. The van der Waals surface area contributed by atoms with Crippen LogP contribution >= 0.6 is 0 Å². The molecule has 118 valence electrons. The first-order valence-electron chi connectivity index (χ1n) is 7.91. The van der Waals surface area contributed by atoms with Crippen LogP contribution in [0.15, 0.2) is 24.3 Å². The van der Waals surface area contributed by atoms with Gasteiger partial charge in [-0.1, -0.05) is 0 Å². The molecule has 0 amide bonds. The van der Waals surface area contributed by atoms with Gasteiger partial charge in [-0.15, -0.1) is 0 Å². The Morgan fingerprint density at radius 1 is 1.24 bits per heavy atom. The number of benzene rings is 1. The van der Waals surface area contributed by atoms with Crippen molar-refractivity contribution in [2.24, 2.45) is 0 Å². The van der Waals surface area contributed by atoms with Crippen LogP contribution in [0.5, 0.6) is 5.75 Å². The highest BCUT2D eigenvalue weighted by molar-refractivity contribution is 5.46. The minimum atomic E-state index is 0.210. The zero-order valence-electron chi connectivity index (χ0n) is 13.6. The Kier molecular flexibility index (Phi) is 5.88. The van der Waals surface area contributed by atoms with Crippen molar-refractivity contribution >= 4 is 5.69 Å². The molecule has 4 nitrogen and oxygen atoms in total.